The molecule has 0 aliphatic carbocycles. The number of pyridine rings is 1. The van der Waals surface area contributed by atoms with E-state index < -0.39 is 0 Å². The zero-order chi connectivity index (χ0) is 19.9. The fourth-order valence-corrected chi connectivity index (χ4v) is 3.11. The van der Waals surface area contributed by atoms with Crippen molar-refractivity contribution in [1.82, 2.24) is 10.3 Å². The van der Waals surface area contributed by atoms with E-state index in [9.17, 15) is 4.79 Å². The van der Waals surface area contributed by atoms with Gasteiger partial charge in [-0.1, -0.05) is 30.3 Å². The summed E-state index contributed by atoms with van der Waals surface area (Å²) >= 11 is 0. The Morgan fingerprint density at radius 1 is 1.07 bits per heavy atom. The lowest BCUT2D eigenvalue weighted by Gasteiger charge is -2.23. The summed E-state index contributed by atoms with van der Waals surface area (Å²) in [6.07, 6.45) is 1.74. The van der Waals surface area contributed by atoms with Crippen LogP contribution in [0.15, 0.2) is 66.9 Å². The molecular formula is C23H25N3O2. The van der Waals surface area contributed by atoms with Crippen molar-refractivity contribution in [2.24, 2.45) is 0 Å². The van der Waals surface area contributed by atoms with Crippen LogP contribution in [0.5, 0.6) is 5.75 Å². The largest absolute Gasteiger partial charge is 0.496 e. The monoisotopic (exact) mass is 375 g/mol. The molecule has 0 fully saturated rings. The summed E-state index contributed by atoms with van der Waals surface area (Å²) in [4.78, 5) is 19.0. The van der Waals surface area contributed by atoms with E-state index in [0.29, 0.717) is 12.2 Å². The minimum atomic E-state index is -0.212. The lowest BCUT2D eigenvalue weighted by molar-refractivity contribution is 0.0945. The summed E-state index contributed by atoms with van der Waals surface area (Å²) in [5, 5.41) is 2.90. The fraction of sp³-hybridized carbons (Fsp3) is 0.217. The van der Waals surface area contributed by atoms with Gasteiger partial charge in [0.1, 0.15) is 11.4 Å². The summed E-state index contributed by atoms with van der Waals surface area (Å²) in [6.45, 7) is 5.36. The summed E-state index contributed by atoms with van der Waals surface area (Å²) in [5.74, 6) is 0.541. The number of aromatic nitrogens is 1. The van der Waals surface area contributed by atoms with Crippen molar-refractivity contribution in [3.05, 3.63) is 83.7 Å². The highest BCUT2D eigenvalue weighted by atomic mass is 16.5. The summed E-state index contributed by atoms with van der Waals surface area (Å²) in [6, 6.07) is 19.6. The molecule has 1 amide bonds. The molecule has 1 N–H and O–H groups in total. The first kappa shape index (κ1) is 19.4. The van der Waals surface area contributed by atoms with Crippen molar-refractivity contribution in [1.29, 1.82) is 0 Å². The van der Waals surface area contributed by atoms with Crippen LogP contribution < -0.4 is 15.0 Å². The third kappa shape index (κ3) is 4.49. The number of carbonyl (C=O) groups excluding carboxylic acids is 1. The van der Waals surface area contributed by atoms with Crippen LogP contribution in [0.1, 0.15) is 28.5 Å². The van der Waals surface area contributed by atoms with Gasteiger partial charge >= 0.3 is 0 Å². The number of amides is 1. The molecule has 5 heteroatoms. The Balaban J connectivity index is 1.70. The number of nitrogens with zero attached hydrogens (tertiary/aromatic N) is 2. The van der Waals surface area contributed by atoms with Crippen LogP contribution in [0, 0.1) is 6.92 Å². The minimum absolute atomic E-state index is 0.212. The van der Waals surface area contributed by atoms with Gasteiger partial charge in [0.25, 0.3) is 5.91 Å². The van der Waals surface area contributed by atoms with Crippen molar-refractivity contribution < 1.29 is 9.53 Å². The van der Waals surface area contributed by atoms with Crippen LogP contribution in [0.2, 0.25) is 0 Å². The summed E-state index contributed by atoms with van der Waals surface area (Å²) in [7, 11) is 1.62. The zero-order valence-electron chi connectivity index (χ0n) is 16.5. The standard InChI is InChI=1S/C23H25N3O2/c1-4-26(19-10-7-8-17(2)14-19)20-12-13-21(24-16-20)23(27)25-15-18-9-5-6-11-22(18)28-3/h5-14,16H,4,15H2,1-3H3,(H,25,27). The van der Waals surface area contributed by atoms with Gasteiger partial charge in [0, 0.05) is 24.3 Å². The van der Waals surface area contributed by atoms with E-state index in [0.717, 1.165) is 29.2 Å². The van der Waals surface area contributed by atoms with Gasteiger partial charge in [-0.25, -0.2) is 4.98 Å². The number of nitrogens with one attached hydrogen (secondary N) is 1. The second kappa shape index (κ2) is 9.04. The van der Waals surface area contributed by atoms with Gasteiger partial charge in [0.2, 0.25) is 0 Å². The van der Waals surface area contributed by atoms with Gasteiger partial charge in [0.15, 0.2) is 0 Å². The van der Waals surface area contributed by atoms with Crippen molar-refractivity contribution in [3.63, 3.8) is 0 Å². The van der Waals surface area contributed by atoms with Crippen LogP contribution in [0.4, 0.5) is 11.4 Å². The molecule has 0 aliphatic heterocycles. The van der Waals surface area contributed by atoms with Gasteiger partial charge in [-0.05, 0) is 49.7 Å². The van der Waals surface area contributed by atoms with Gasteiger partial charge in [-0.15, -0.1) is 0 Å². The fourth-order valence-electron chi connectivity index (χ4n) is 3.11. The number of methoxy groups -OCH3 is 1. The highest BCUT2D eigenvalue weighted by molar-refractivity contribution is 5.92. The topological polar surface area (TPSA) is 54.5 Å². The molecule has 3 rings (SSSR count). The first-order valence-electron chi connectivity index (χ1n) is 9.32. The van der Waals surface area contributed by atoms with Crippen LogP contribution in [-0.2, 0) is 6.54 Å². The number of hydrogen-bond donors (Lipinski definition) is 1. The zero-order valence-corrected chi connectivity index (χ0v) is 16.5. The first-order chi connectivity index (χ1) is 13.6. The molecule has 3 aromatic rings. The number of anilines is 2. The molecule has 0 saturated heterocycles. The van der Waals surface area contributed by atoms with E-state index in [4.69, 9.17) is 4.74 Å². The van der Waals surface area contributed by atoms with Crippen LogP contribution in [0.25, 0.3) is 0 Å². The third-order valence-corrected chi connectivity index (χ3v) is 4.55. The second-order valence-corrected chi connectivity index (χ2v) is 6.48. The lowest BCUT2D eigenvalue weighted by Crippen LogP contribution is -2.24. The highest BCUT2D eigenvalue weighted by Gasteiger charge is 2.12. The van der Waals surface area contributed by atoms with Crippen molar-refractivity contribution in [2.75, 3.05) is 18.6 Å². The SMILES string of the molecule is CCN(c1ccc(C(=O)NCc2ccccc2OC)nc1)c1cccc(C)c1. The molecule has 28 heavy (non-hydrogen) atoms. The molecular weight excluding hydrogens is 350 g/mol. The number of para-hydroxylation sites is 1. The normalized spacial score (nSPS) is 10.4. The number of aryl methyl sites for hydroxylation is 1. The maximum atomic E-state index is 12.5. The molecule has 5 nitrogen and oxygen atoms in total. The number of carbonyl (C=O) groups is 1. The maximum Gasteiger partial charge on any atom is 0.270 e. The Morgan fingerprint density at radius 3 is 2.57 bits per heavy atom. The Morgan fingerprint density at radius 2 is 1.89 bits per heavy atom. The van der Waals surface area contributed by atoms with E-state index in [2.05, 4.69) is 47.2 Å². The third-order valence-electron chi connectivity index (χ3n) is 4.55. The number of ether oxygens (including phenoxy) is 1. The van der Waals surface area contributed by atoms with Crippen molar-refractivity contribution in [2.45, 2.75) is 20.4 Å². The first-order valence-corrected chi connectivity index (χ1v) is 9.32. The van der Waals surface area contributed by atoms with E-state index in [1.54, 1.807) is 19.4 Å². The molecule has 0 saturated carbocycles. The van der Waals surface area contributed by atoms with E-state index in [-0.39, 0.29) is 5.91 Å². The van der Waals surface area contributed by atoms with E-state index >= 15 is 0 Å². The molecule has 0 radical (unpaired) electrons. The second-order valence-electron chi connectivity index (χ2n) is 6.48. The maximum absolute atomic E-state index is 12.5. The molecule has 1 heterocycles. The van der Waals surface area contributed by atoms with Gasteiger partial charge in [-0.3, -0.25) is 4.79 Å². The molecule has 0 aliphatic rings. The Labute approximate surface area is 166 Å². The van der Waals surface area contributed by atoms with Gasteiger partial charge in [-0.2, -0.15) is 0 Å². The average Bonchev–Trinajstić information content (AvgIpc) is 2.73. The average molecular weight is 375 g/mol. The summed E-state index contributed by atoms with van der Waals surface area (Å²) in [5.41, 5.74) is 4.58. The van der Waals surface area contributed by atoms with Gasteiger partial charge < -0.3 is 15.0 Å². The molecule has 1 aromatic heterocycles. The molecule has 0 spiro atoms. The summed E-state index contributed by atoms with van der Waals surface area (Å²) < 4.78 is 5.32. The molecule has 0 bridgehead atoms. The van der Waals surface area contributed by atoms with Crippen LogP contribution in [-0.4, -0.2) is 24.5 Å². The number of benzene rings is 2. The highest BCUT2D eigenvalue weighted by Crippen LogP contribution is 2.25. The van der Waals surface area contributed by atoms with Gasteiger partial charge in [0.05, 0.1) is 19.0 Å². The molecule has 144 valence electrons. The lowest BCUT2D eigenvalue weighted by atomic mass is 10.2. The number of rotatable bonds is 7. The molecule has 0 unspecified atom stereocenters. The van der Waals surface area contributed by atoms with Crippen molar-refractivity contribution in [3.8, 4) is 5.75 Å². The Bertz CT molecular complexity index is 939. The van der Waals surface area contributed by atoms with E-state index in [1.165, 1.54) is 5.56 Å². The molecule has 0 atom stereocenters. The Kier molecular flexibility index (Phi) is 6.27. The predicted octanol–water partition coefficient (Wildman–Crippen LogP) is 4.49. The minimum Gasteiger partial charge on any atom is -0.496 e. The van der Waals surface area contributed by atoms with Crippen molar-refractivity contribution >= 4 is 17.3 Å². The predicted molar refractivity (Wildman–Crippen MR) is 112 cm³/mol. The van der Waals surface area contributed by atoms with Crippen LogP contribution >= 0.6 is 0 Å². The number of hydrogen-bond acceptors (Lipinski definition) is 4. The Hall–Kier alpha value is -3.34. The molecule has 2 aromatic carbocycles. The quantitative estimate of drug-likeness (QED) is 0.661. The van der Waals surface area contributed by atoms with Crippen LogP contribution in [0.3, 0.4) is 0 Å². The van der Waals surface area contributed by atoms with E-state index in [1.807, 2.05) is 36.4 Å². The smallest absolute Gasteiger partial charge is 0.270 e.